The van der Waals surface area contributed by atoms with Crippen LogP contribution < -0.4 is 0 Å². The van der Waals surface area contributed by atoms with Gasteiger partial charge in [0.2, 0.25) is 5.91 Å². The number of hydroxylamine groups is 2. The van der Waals surface area contributed by atoms with Crippen molar-refractivity contribution in [1.82, 2.24) is 14.6 Å². The predicted octanol–water partition coefficient (Wildman–Crippen LogP) is 3.79. The maximum absolute atomic E-state index is 13.9. The van der Waals surface area contributed by atoms with Crippen molar-refractivity contribution in [3.8, 4) is 12.1 Å². The van der Waals surface area contributed by atoms with E-state index in [2.05, 4.69) is 11.1 Å². The summed E-state index contributed by atoms with van der Waals surface area (Å²) in [5.74, 6) is -0.239. The molecule has 4 rings (SSSR count). The lowest BCUT2D eigenvalue weighted by molar-refractivity contribution is -0.183. The van der Waals surface area contributed by atoms with Crippen molar-refractivity contribution >= 4 is 5.91 Å². The van der Waals surface area contributed by atoms with E-state index < -0.39 is 5.82 Å². The molecule has 1 aliphatic heterocycles. The van der Waals surface area contributed by atoms with Gasteiger partial charge in [-0.1, -0.05) is 0 Å². The van der Waals surface area contributed by atoms with Gasteiger partial charge in [-0.15, -0.1) is 0 Å². The van der Waals surface area contributed by atoms with Crippen LogP contribution in [0.25, 0.3) is 0 Å². The summed E-state index contributed by atoms with van der Waals surface area (Å²) >= 11 is 0. The number of hydrogen-bond acceptors (Lipinski definition) is 5. The highest BCUT2D eigenvalue weighted by atomic mass is 19.1. The quantitative estimate of drug-likeness (QED) is 0.749. The lowest BCUT2D eigenvalue weighted by atomic mass is 9.81. The monoisotopic (exact) mass is 421 g/mol. The molecule has 2 fully saturated rings. The number of nitrogens with zero attached hydrogens (tertiary/aromatic N) is 5. The van der Waals surface area contributed by atoms with Gasteiger partial charge in [0, 0.05) is 18.9 Å². The average molecular weight is 421 g/mol. The molecule has 0 spiro atoms. The molecule has 8 heteroatoms. The van der Waals surface area contributed by atoms with Gasteiger partial charge in [0.1, 0.15) is 11.9 Å². The maximum atomic E-state index is 13.9. The van der Waals surface area contributed by atoms with Crippen molar-refractivity contribution in [2.24, 2.45) is 11.8 Å². The van der Waals surface area contributed by atoms with Gasteiger partial charge in [-0.25, -0.2) is 14.4 Å². The lowest BCUT2D eigenvalue weighted by Crippen LogP contribution is -2.37. The lowest BCUT2D eigenvalue weighted by Gasteiger charge is -2.32. The van der Waals surface area contributed by atoms with Crippen LogP contribution in [-0.2, 0) is 16.2 Å². The van der Waals surface area contributed by atoms with E-state index in [1.807, 2.05) is 17.6 Å². The zero-order chi connectivity index (χ0) is 22.0. The molecule has 31 heavy (non-hydrogen) atoms. The van der Waals surface area contributed by atoms with Crippen molar-refractivity contribution in [1.29, 1.82) is 10.5 Å². The van der Waals surface area contributed by atoms with E-state index in [-0.39, 0.29) is 23.4 Å². The number of hydrogen-bond donors (Lipinski definition) is 0. The number of benzene rings is 1. The minimum Gasteiger partial charge on any atom is -0.333 e. The highest BCUT2D eigenvalue weighted by molar-refractivity contribution is 5.78. The Bertz CT molecular complexity index is 1060. The van der Waals surface area contributed by atoms with Gasteiger partial charge < -0.3 is 4.57 Å². The second-order valence-corrected chi connectivity index (χ2v) is 8.35. The molecule has 2 heterocycles. The topological polar surface area (TPSA) is 94.9 Å². The van der Waals surface area contributed by atoms with Crippen LogP contribution in [0.15, 0.2) is 24.5 Å². The minimum absolute atomic E-state index is 0.0608. The van der Waals surface area contributed by atoms with Crippen LogP contribution in [0.3, 0.4) is 0 Å². The number of halogens is 1. The van der Waals surface area contributed by atoms with Gasteiger partial charge in [-0.3, -0.25) is 9.63 Å². The Morgan fingerprint density at radius 2 is 1.97 bits per heavy atom. The Balaban J connectivity index is 1.39. The molecular formula is C23H24FN5O2. The van der Waals surface area contributed by atoms with Crippen molar-refractivity contribution in [2.45, 2.75) is 51.6 Å². The standard InChI is InChI=1S/C23H24FN5O2/c1-15-21(12-26)27-14-28(15)13-16-2-4-18(5-3-16)23(30)29-22(6-7-31-29)19-8-17(11-25)9-20(24)10-19/h8-10,14,16,18,22H,2-7,13H2,1H3. The van der Waals surface area contributed by atoms with E-state index in [0.717, 1.165) is 37.9 Å². The third-order valence-electron chi connectivity index (χ3n) is 6.41. The Morgan fingerprint density at radius 1 is 1.19 bits per heavy atom. The van der Waals surface area contributed by atoms with Crippen LogP contribution in [0.4, 0.5) is 4.39 Å². The Hall–Kier alpha value is -3.23. The molecule has 1 unspecified atom stereocenters. The fourth-order valence-corrected chi connectivity index (χ4v) is 4.65. The normalized spacial score (nSPS) is 23.4. The third kappa shape index (κ3) is 4.30. The molecule has 1 atom stereocenters. The number of nitriles is 2. The van der Waals surface area contributed by atoms with Crippen molar-refractivity contribution < 1.29 is 14.0 Å². The van der Waals surface area contributed by atoms with Crippen molar-refractivity contribution in [3.05, 3.63) is 52.9 Å². The van der Waals surface area contributed by atoms with E-state index in [1.165, 1.54) is 17.2 Å². The molecule has 1 aromatic heterocycles. The molecule has 0 radical (unpaired) electrons. The predicted molar refractivity (Wildman–Crippen MR) is 108 cm³/mol. The third-order valence-corrected chi connectivity index (χ3v) is 6.41. The zero-order valence-electron chi connectivity index (χ0n) is 17.4. The first-order valence-corrected chi connectivity index (χ1v) is 10.6. The summed E-state index contributed by atoms with van der Waals surface area (Å²) in [6.07, 6.45) is 5.64. The molecule has 1 amide bonds. The first kappa shape index (κ1) is 21.0. The number of aromatic nitrogens is 2. The number of carbonyl (C=O) groups is 1. The van der Waals surface area contributed by atoms with Gasteiger partial charge in [-0.2, -0.15) is 10.5 Å². The fourth-order valence-electron chi connectivity index (χ4n) is 4.65. The van der Waals surface area contributed by atoms with E-state index in [1.54, 1.807) is 12.4 Å². The van der Waals surface area contributed by atoms with Crippen LogP contribution in [0, 0.1) is 47.2 Å². The van der Waals surface area contributed by atoms with E-state index in [4.69, 9.17) is 15.4 Å². The van der Waals surface area contributed by atoms with Crippen molar-refractivity contribution in [2.75, 3.05) is 6.61 Å². The summed E-state index contributed by atoms with van der Waals surface area (Å²) in [6, 6.07) is 7.88. The van der Waals surface area contributed by atoms with Crippen LogP contribution >= 0.6 is 0 Å². The van der Waals surface area contributed by atoms with Crippen LogP contribution in [0.1, 0.15) is 60.7 Å². The van der Waals surface area contributed by atoms with E-state index >= 15 is 0 Å². The molecule has 1 saturated carbocycles. The minimum atomic E-state index is -0.483. The van der Waals surface area contributed by atoms with E-state index in [0.29, 0.717) is 30.2 Å². The molecule has 1 aromatic carbocycles. The van der Waals surface area contributed by atoms with Crippen molar-refractivity contribution in [3.63, 3.8) is 0 Å². The molecular weight excluding hydrogens is 397 g/mol. The van der Waals surface area contributed by atoms with Gasteiger partial charge in [-0.05, 0) is 62.3 Å². The molecule has 1 aliphatic carbocycles. The SMILES string of the molecule is Cc1c(C#N)ncn1CC1CCC(C(=O)N2OCCC2c2cc(F)cc(C#N)c2)CC1. The largest absolute Gasteiger partial charge is 0.333 e. The second kappa shape index (κ2) is 8.87. The molecule has 2 aromatic rings. The molecule has 0 N–H and O–H groups in total. The Morgan fingerprint density at radius 3 is 2.65 bits per heavy atom. The van der Waals surface area contributed by atoms with Gasteiger partial charge >= 0.3 is 0 Å². The Kier molecular flexibility index (Phi) is 6.01. The average Bonchev–Trinajstić information content (AvgIpc) is 3.40. The summed E-state index contributed by atoms with van der Waals surface area (Å²) < 4.78 is 15.9. The molecule has 0 bridgehead atoms. The molecule has 160 valence electrons. The number of carbonyl (C=O) groups excluding carboxylic acids is 1. The van der Waals surface area contributed by atoms with Crippen LogP contribution in [0.2, 0.25) is 0 Å². The summed E-state index contributed by atoms with van der Waals surface area (Å²) in [5, 5.41) is 19.6. The van der Waals surface area contributed by atoms with E-state index in [9.17, 15) is 9.18 Å². The highest BCUT2D eigenvalue weighted by Crippen LogP contribution is 2.37. The van der Waals surface area contributed by atoms with Crippen LogP contribution in [-0.4, -0.2) is 27.1 Å². The second-order valence-electron chi connectivity index (χ2n) is 8.35. The molecule has 1 saturated heterocycles. The summed E-state index contributed by atoms with van der Waals surface area (Å²) in [5.41, 5.74) is 2.17. The number of imidazole rings is 1. The fraction of sp³-hybridized carbons (Fsp3) is 0.478. The maximum Gasteiger partial charge on any atom is 0.249 e. The first-order chi connectivity index (χ1) is 15.0. The summed E-state index contributed by atoms with van der Waals surface area (Å²) in [7, 11) is 0. The molecule has 7 nitrogen and oxygen atoms in total. The van der Waals surface area contributed by atoms with Crippen LogP contribution in [0.5, 0.6) is 0 Å². The summed E-state index contributed by atoms with van der Waals surface area (Å²) in [6.45, 7) is 3.09. The Labute approximate surface area is 180 Å². The number of rotatable bonds is 4. The van der Waals surface area contributed by atoms with Gasteiger partial charge in [0.25, 0.3) is 0 Å². The summed E-state index contributed by atoms with van der Waals surface area (Å²) in [4.78, 5) is 22.9. The van der Waals surface area contributed by atoms with Gasteiger partial charge in [0.15, 0.2) is 5.69 Å². The smallest absolute Gasteiger partial charge is 0.249 e. The molecule has 2 aliphatic rings. The number of amides is 1. The zero-order valence-corrected chi connectivity index (χ0v) is 17.4. The first-order valence-electron chi connectivity index (χ1n) is 10.6. The van der Waals surface area contributed by atoms with Gasteiger partial charge in [0.05, 0.1) is 36.3 Å². The highest BCUT2D eigenvalue weighted by Gasteiger charge is 2.37.